The highest BCUT2D eigenvalue weighted by Crippen LogP contribution is 2.19. The minimum absolute atomic E-state index is 0.461. The average Bonchev–Trinajstić information content (AvgIpc) is 2.54. The summed E-state index contributed by atoms with van der Waals surface area (Å²) in [5.74, 6) is 1.11. The zero-order chi connectivity index (χ0) is 16.2. The number of rotatable bonds is 4. The van der Waals surface area contributed by atoms with Gasteiger partial charge in [0.25, 0.3) is 0 Å². The highest BCUT2D eigenvalue weighted by molar-refractivity contribution is 5.59. The van der Waals surface area contributed by atoms with Crippen molar-refractivity contribution < 1.29 is 0 Å². The minimum Gasteiger partial charge on any atom is -0.339 e. The van der Waals surface area contributed by atoms with Crippen LogP contribution in [0.25, 0.3) is 0 Å². The zero-order valence-electron chi connectivity index (χ0n) is 13.5. The van der Waals surface area contributed by atoms with E-state index in [1.54, 1.807) is 6.20 Å². The van der Waals surface area contributed by atoms with Crippen LogP contribution in [-0.4, -0.2) is 15.2 Å². The minimum atomic E-state index is 0.461. The van der Waals surface area contributed by atoms with Crippen molar-refractivity contribution in [3.05, 3.63) is 65.4 Å². The molecule has 2 aromatic carbocycles. The Balaban J connectivity index is 1.76. The van der Waals surface area contributed by atoms with Crippen LogP contribution in [0.15, 0.2) is 48.7 Å². The largest absolute Gasteiger partial charge is 0.339 e. The predicted octanol–water partition coefficient (Wildman–Crippen LogP) is 4.28. The number of aromatic nitrogens is 3. The van der Waals surface area contributed by atoms with Crippen LogP contribution in [-0.2, 0) is 0 Å². The van der Waals surface area contributed by atoms with E-state index < -0.39 is 0 Å². The van der Waals surface area contributed by atoms with E-state index in [0.717, 1.165) is 11.4 Å². The van der Waals surface area contributed by atoms with Crippen molar-refractivity contribution in [2.75, 3.05) is 10.6 Å². The molecule has 0 bridgehead atoms. The van der Waals surface area contributed by atoms with Gasteiger partial charge in [0.2, 0.25) is 5.95 Å². The van der Waals surface area contributed by atoms with Crippen LogP contribution < -0.4 is 10.6 Å². The molecule has 2 N–H and O–H groups in total. The molecule has 0 unspecified atom stereocenters. The van der Waals surface area contributed by atoms with Crippen LogP contribution >= 0.6 is 0 Å². The van der Waals surface area contributed by atoms with Gasteiger partial charge in [-0.15, -0.1) is 5.10 Å². The Morgan fingerprint density at radius 1 is 0.783 bits per heavy atom. The smallest absolute Gasteiger partial charge is 0.249 e. The number of benzene rings is 2. The number of nitrogens with one attached hydrogen (secondary N) is 2. The molecule has 0 atom stereocenters. The second-order valence-corrected chi connectivity index (χ2v) is 5.58. The molecule has 0 spiro atoms. The number of nitrogens with zero attached hydrogens (tertiary/aromatic N) is 3. The molecule has 0 saturated carbocycles. The summed E-state index contributed by atoms with van der Waals surface area (Å²) in [7, 11) is 0. The maximum Gasteiger partial charge on any atom is 0.249 e. The van der Waals surface area contributed by atoms with Gasteiger partial charge in [-0.3, -0.25) is 0 Å². The molecule has 0 radical (unpaired) electrons. The van der Waals surface area contributed by atoms with Crippen LogP contribution in [0.4, 0.5) is 23.1 Å². The standard InChI is InChI=1S/C18H19N5/c1-12-4-7-15(8-5-12)21-18-22-17(11-19-23-18)20-16-9-6-13(2)14(3)10-16/h4-11H,1-3H3,(H2,20,21,22,23). The second kappa shape index (κ2) is 6.44. The molecule has 116 valence electrons. The Hall–Kier alpha value is -2.95. The van der Waals surface area contributed by atoms with Crippen molar-refractivity contribution in [3.63, 3.8) is 0 Å². The number of hydrogen-bond acceptors (Lipinski definition) is 5. The monoisotopic (exact) mass is 305 g/mol. The van der Waals surface area contributed by atoms with E-state index in [4.69, 9.17) is 0 Å². The molecule has 0 fully saturated rings. The Bertz CT molecular complexity index is 812. The van der Waals surface area contributed by atoms with E-state index >= 15 is 0 Å². The molecule has 1 heterocycles. The summed E-state index contributed by atoms with van der Waals surface area (Å²) in [4.78, 5) is 4.44. The van der Waals surface area contributed by atoms with Crippen molar-refractivity contribution in [3.8, 4) is 0 Å². The maximum atomic E-state index is 4.44. The first kappa shape index (κ1) is 15.0. The molecule has 5 heteroatoms. The van der Waals surface area contributed by atoms with Crippen molar-refractivity contribution in [1.82, 2.24) is 15.2 Å². The quantitative estimate of drug-likeness (QED) is 0.753. The lowest BCUT2D eigenvalue weighted by atomic mass is 10.1. The van der Waals surface area contributed by atoms with Gasteiger partial charge in [0.05, 0.1) is 6.20 Å². The summed E-state index contributed by atoms with van der Waals surface area (Å²) in [5.41, 5.74) is 5.61. The van der Waals surface area contributed by atoms with Gasteiger partial charge in [0.1, 0.15) is 0 Å². The van der Waals surface area contributed by atoms with Crippen molar-refractivity contribution >= 4 is 23.1 Å². The molecule has 0 aliphatic heterocycles. The van der Waals surface area contributed by atoms with Crippen molar-refractivity contribution in [2.24, 2.45) is 0 Å². The van der Waals surface area contributed by atoms with Crippen molar-refractivity contribution in [1.29, 1.82) is 0 Å². The lowest BCUT2D eigenvalue weighted by Gasteiger charge is -2.09. The van der Waals surface area contributed by atoms with E-state index in [9.17, 15) is 0 Å². The fraction of sp³-hybridized carbons (Fsp3) is 0.167. The number of aryl methyl sites for hydroxylation is 3. The van der Waals surface area contributed by atoms with Crippen LogP contribution in [0.3, 0.4) is 0 Å². The SMILES string of the molecule is Cc1ccc(Nc2nncc(Nc3ccc(C)c(C)c3)n2)cc1. The molecule has 5 nitrogen and oxygen atoms in total. The molecule has 0 aliphatic rings. The Morgan fingerprint density at radius 3 is 2.26 bits per heavy atom. The molecule has 0 amide bonds. The Labute approximate surface area is 135 Å². The lowest BCUT2D eigenvalue weighted by Crippen LogP contribution is -2.02. The molecule has 0 aliphatic carbocycles. The fourth-order valence-electron chi connectivity index (χ4n) is 2.15. The third-order valence-corrected chi connectivity index (χ3v) is 3.65. The van der Waals surface area contributed by atoms with Gasteiger partial charge in [0.15, 0.2) is 5.82 Å². The van der Waals surface area contributed by atoms with E-state index in [0.29, 0.717) is 11.8 Å². The van der Waals surface area contributed by atoms with Crippen molar-refractivity contribution in [2.45, 2.75) is 20.8 Å². The van der Waals surface area contributed by atoms with E-state index in [-0.39, 0.29) is 0 Å². The van der Waals surface area contributed by atoms with Gasteiger partial charge >= 0.3 is 0 Å². The van der Waals surface area contributed by atoms with Crippen LogP contribution in [0.5, 0.6) is 0 Å². The Kier molecular flexibility index (Phi) is 4.19. The second-order valence-electron chi connectivity index (χ2n) is 5.58. The molecule has 23 heavy (non-hydrogen) atoms. The van der Waals surface area contributed by atoms with Gasteiger partial charge in [-0.25, -0.2) is 0 Å². The summed E-state index contributed by atoms with van der Waals surface area (Å²) in [6.07, 6.45) is 1.61. The number of anilines is 4. The molecule has 3 rings (SSSR count). The summed E-state index contributed by atoms with van der Waals surface area (Å²) >= 11 is 0. The molecular weight excluding hydrogens is 286 g/mol. The molecule has 1 aromatic heterocycles. The first-order valence-corrected chi connectivity index (χ1v) is 7.48. The maximum absolute atomic E-state index is 4.44. The zero-order valence-corrected chi connectivity index (χ0v) is 13.5. The van der Waals surface area contributed by atoms with E-state index in [1.807, 2.05) is 30.3 Å². The summed E-state index contributed by atoms with van der Waals surface area (Å²) in [6.45, 7) is 6.23. The predicted molar refractivity (Wildman–Crippen MR) is 93.5 cm³/mol. The Morgan fingerprint density at radius 2 is 1.52 bits per heavy atom. The topological polar surface area (TPSA) is 62.7 Å². The summed E-state index contributed by atoms with van der Waals surface area (Å²) < 4.78 is 0. The highest BCUT2D eigenvalue weighted by atomic mass is 15.3. The van der Waals surface area contributed by atoms with Gasteiger partial charge in [-0.2, -0.15) is 10.1 Å². The van der Waals surface area contributed by atoms with Gasteiger partial charge < -0.3 is 10.6 Å². The van der Waals surface area contributed by atoms with Gasteiger partial charge in [-0.1, -0.05) is 23.8 Å². The first-order valence-electron chi connectivity index (χ1n) is 7.48. The molecule has 0 saturated heterocycles. The van der Waals surface area contributed by atoms with Gasteiger partial charge in [-0.05, 0) is 56.2 Å². The fourth-order valence-corrected chi connectivity index (χ4v) is 2.15. The molecular formula is C18H19N5. The first-order chi connectivity index (χ1) is 11.1. The van der Waals surface area contributed by atoms with Crippen LogP contribution in [0, 0.1) is 20.8 Å². The summed E-state index contributed by atoms with van der Waals surface area (Å²) in [6, 6.07) is 14.2. The third-order valence-electron chi connectivity index (χ3n) is 3.65. The normalized spacial score (nSPS) is 10.4. The van der Waals surface area contributed by atoms with Gasteiger partial charge in [0, 0.05) is 11.4 Å². The van der Waals surface area contributed by atoms with Crippen LogP contribution in [0.2, 0.25) is 0 Å². The summed E-state index contributed by atoms with van der Waals surface area (Å²) in [5, 5.41) is 14.4. The van der Waals surface area contributed by atoms with Crippen LogP contribution in [0.1, 0.15) is 16.7 Å². The third kappa shape index (κ3) is 3.83. The highest BCUT2D eigenvalue weighted by Gasteiger charge is 2.03. The van der Waals surface area contributed by atoms with E-state index in [1.165, 1.54) is 16.7 Å². The number of hydrogen-bond donors (Lipinski definition) is 2. The average molecular weight is 305 g/mol. The van der Waals surface area contributed by atoms with E-state index in [2.05, 4.69) is 58.7 Å². The lowest BCUT2D eigenvalue weighted by molar-refractivity contribution is 0.982. The molecule has 3 aromatic rings.